The van der Waals surface area contributed by atoms with Gasteiger partial charge in [-0.3, -0.25) is 4.90 Å². The summed E-state index contributed by atoms with van der Waals surface area (Å²) in [5.74, 6) is 1.01. The molecule has 2 aromatic rings. The number of aromatic amines is 1. The third kappa shape index (κ3) is 1.88. The first-order chi connectivity index (χ1) is 8.84. The number of rotatable bonds is 1. The Morgan fingerprint density at radius 3 is 3.11 bits per heavy atom. The lowest BCUT2D eigenvalue weighted by atomic mass is 10.2. The zero-order valence-corrected chi connectivity index (χ0v) is 9.50. The van der Waals surface area contributed by atoms with Crippen LogP contribution in [0.2, 0.25) is 0 Å². The minimum absolute atomic E-state index is 0.323. The van der Waals surface area contributed by atoms with Gasteiger partial charge in [0.2, 0.25) is 5.88 Å². The molecule has 18 heavy (non-hydrogen) atoms. The molecule has 0 saturated carbocycles. The molecule has 92 valence electrons. The fraction of sp³-hybridized carbons (Fsp3) is 0.167. The Balaban J connectivity index is 1.83. The van der Waals surface area contributed by atoms with Crippen LogP contribution in [0.25, 0.3) is 0 Å². The highest BCUT2D eigenvalue weighted by atomic mass is 16.6. The van der Waals surface area contributed by atoms with Gasteiger partial charge in [0.15, 0.2) is 0 Å². The van der Waals surface area contributed by atoms with E-state index in [9.17, 15) is 4.79 Å². The molecule has 0 saturated heterocycles. The summed E-state index contributed by atoms with van der Waals surface area (Å²) in [5, 5.41) is 6.30. The van der Waals surface area contributed by atoms with Gasteiger partial charge in [-0.05, 0) is 12.1 Å². The third-order valence-electron chi connectivity index (χ3n) is 2.62. The molecule has 1 aromatic carbocycles. The molecule has 1 aliphatic rings. The Hall–Kier alpha value is -2.50. The van der Waals surface area contributed by atoms with Crippen molar-refractivity contribution in [3.8, 4) is 11.6 Å². The average molecular weight is 245 g/mol. The van der Waals surface area contributed by atoms with E-state index in [2.05, 4.69) is 10.2 Å². The first kappa shape index (κ1) is 10.6. The van der Waals surface area contributed by atoms with Crippen molar-refractivity contribution in [2.75, 3.05) is 18.1 Å². The molecule has 0 unspecified atom stereocenters. The highest BCUT2D eigenvalue weighted by molar-refractivity contribution is 5.91. The SMILES string of the molecule is O=C(Oc1ccn[nH]1)N1CCOc2ccccc21. The molecular formula is C12H11N3O3. The zero-order valence-electron chi connectivity index (χ0n) is 9.50. The zero-order chi connectivity index (χ0) is 12.4. The molecule has 0 radical (unpaired) electrons. The van der Waals surface area contributed by atoms with E-state index in [1.807, 2.05) is 24.3 Å². The quantitative estimate of drug-likeness (QED) is 0.832. The van der Waals surface area contributed by atoms with Gasteiger partial charge in [0.25, 0.3) is 0 Å². The molecule has 0 atom stereocenters. The number of fused-ring (bicyclic) bond motifs is 1. The first-order valence-electron chi connectivity index (χ1n) is 5.55. The monoisotopic (exact) mass is 245 g/mol. The molecule has 6 nitrogen and oxygen atoms in total. The van der Waals surface area contributed by atoms with Crippen molar-refractivity contribution in [3.63, 3.8) is 0 Å². The Bertz CT molecular complexity index is 553. The number of aromatic nitrogens is 2. The smallest absolute Gasteiger partial charge is 0.421 e. The predicted molar refractivity (Wildman–Crippen MR) is 63.9 cm³/mol. The fourth-order valence-corrected chi connectivity index (χ4v) is 1.81. The number of nitrogens with one attached hydrogen (secondary N) is 1. The van der Waals surface area contributed by atoms with Crippen molar-refractivity contribution in [1.29, 1.82) is 0 Å². The van der Waals surface area contributed by atoms with Gasteiger partial charge in [0, 0.05) is 6.07 Å². The van der Waals surface area contributed by atoms with Crippen LogP contribution in [0.15, 0.2) is 36.5 Å². The normalized spacial score (nSPS) is 13.7. The number of ether oxygens (including phenoxy) is 2. The summed E-state index contributed by atoms with van der Waals surface area (Å²) >= 11 is 0. The van der Waals surface area contributed by atoms with Crippen molar-refractivity contribution in [2.45, 2.75) is 0 Å². The highest BCUT2D eigenvalue weighted by Crippen LogP contribution is 2.31. The molecule has 0 bridgehead atoms. The first-order valence-corrected chi connectivity index (χ1v) is 5.55. The largest absolute Gasteiger partial charge is 0.490 e. The van der Waals surface area contributed by atoms with Crippen LogP contribution in [0.5, 0.6) is 11.6 Å². The second-order valence-corrected chi connectivity index (χ2v) is 3.76. The van der Waals surface area contributed by atoms with E-state index >= 15 is 0 Å². The molecule has 0 fully saturated rings. The van der Waals surface area contributed by atoms with Crippen LogP contribution in [0, 0.1) is 0 Å². The van der Waals surface area contributed by atoms with E-state index in [1.54, 1.807) is 11.0 Å². The predicted octanol–water partition coefficient (Wildman–Crippen LogP) is 1.81. The van der Waals surface area contributed by atoms with Crippen LogP contribution in [0.3, 0.4) is 0 Å². The second kappa shape index (κ2) is 4.40. The number of carbonyl (C=O) groups excluding carboxylic acids is 1. The van der Waals surface area contributed by atoms with Gasteiger partial charge < -0.3 is 9.47 Å². The lowest BCUT2D eigenvalue weighted by molar-refractivity contribution is 0.200. The summed E-state index contributed by atoms with van der Waals surface area (Å²) < 4.78 is 10.6. The van der Waals surface area contributed by atoms with Crippen LogP contribution >= 0.6 is 0 Å². The minimum atomic E-state index is -0.449. The summed E-state index contributed by atoms with van der Waals surface area (Å²) in [7, 11) is 0. The number of amides is 1. The number of para-hydroxylation sites is 2. The van der Waals surface area contributed by atoms with Gasteiger partial charge in [-0.15, -0.1) is 0 Å². The van der Waals surface area contributed by atoms with Crippen molar-refractivity contribution >= 4 is 11.8 Å². The van der Waals surface area contributed by atoms with Gasteiger partial charge in [-0.2, -0.15) is 5.10 Å². The number of H-pyrrole nitrogens is 1. The van der Waals surface area contributed by atoms with E-state index in [1.165, 1.54) is 6.20 Å². The third-order valence-corrected chi connectivity index (χ3v) is 2.62. The van der Waals surface area contributed by atoms with Crippen LogP contribution < -0.4 is 14.4 Å². The van der Waals surface area contributed by atoms with E-state index < -0.39 is 6.09 Å². The Morgan fingerprint density at radius 2 is 2.28 bits per heavy atom. The van der Waals surface area contributed by atoms with Gasteiger partial charge in [0.1, 0.15) is 12.4 Å². The van der Waals surface area contributed by atoms with E-state index in [-0.39, 0.29) is 0 Å². The summed E-state index contributed by atoms with van der Waals surface area (Å²) in [4.78, 5) is 13.6. The van der Waals surface area contributed by atoms with Crippen molar-refractivity contribution in [2.24, 2.45) is 0 Å². The van der Waals surface area contributed by atoms with Crippen molar-refractivity contribution in [1.82, 2.24) is 10.2 Å². The highest BCUT2D eigenvalue weighted by Gasteiger charge is 2.25. The number of benzene rings is 1. The molecule has 2 heterocycles. The number of anilines is 1. The summed E-state index contributed by atoms with van der Waals surface area (Å²) in [6.45, 7) is 0.916. The number of hydrogen-bond acceptors (Lipinski definition) is 4. The van der Waals surface area contributed by atoms with Crippen LogP contribution in [0.1, 0.15) is 0 Å². The number of hydrogen-bond donors (Lipinski definition) is 1. The molecular weight excluding hydrogens is 234 g/mol. The maximum Gasteiger partial charge on any atom is 0.421 e. The molecule has 6 heteroatoms. The number of nitrogens with zero attached hydrogens (tertiary/aromatic N) is 2. The van der Waals surface area contributed by atoms with Crippen molar-refractivity contribution < 1.29 is 14.3 Å². The van der Waals surface area contributed by atoms with Gasteiger partial charge in [-0.25, -0.2) is 9.89 Å². The van der Waals surface area contributed by atoms with E-state index in [4.69, 9.17) is 9.47 Å². The van der Waals surface area contributed by atoms with Crippen LogP contribution in [-0.2, 0) is 0 Å². The maximum atomic E-state index is 12.0. The summed E-state index contributed by atoms with van der Waals surface area (Å²) in [5.41, 5.74) is 0.716. The molecule has 0 spiro atoms. The Morgan fingerprint density at radius 1 is 1.39 bits per heavy atom. The Labute approximate surface area is 103 Å². The molecule has 1 amide bonds. The lowest BCUT2D eigenvalue weighted by Gasteiger charge is -2.28. The molecule has 3 rings (SSSR count). The molecule has 0 aliphatic carbocycles. The standard InChI is InChI=1S/C12H11N3O3/c16-12(18-11-5-6-13-14-11)15-7-8-17-10-4-2-1-3-9(10)15/h1-6H,7-8H2,(H,13,14). The summed E-state index contributed by atoms with van der Waals surface area (Å²) in [6.07, 6.45) is 1.07. The van der Waals surface area contributed by atoms with Crippen LogP contribution in [0.4, 0.5) is 10.5 Å². The second-order valence-electron chi connectivity index (χ2n) is 3.76. The van der Waals surface area contributed by atoms with Gasteiger partial charge >= 0.3 is 6.09 Å². The topological polar surface area (TPSA) is 67.5 Å². The van der Waals surface area contributed by atoms with Crippen LogP contribution in [-0.4, -0.2) is 29.4 Å². The summed E-state index contributed by atoms with van der Waals surface area (Å²) in [6, 6.07) is 8.95. The van der Waals surface area contributed by atoms with Gasteiger partial charge in [0.05, 0.1) is 18.4 Å². The number of carbonyl (C=O) groups is 1. The van der Waals surface area contributed by atoms with E-state index in [0.29, 0.717) is 30.5 Å². The molecule has 1 aliphatic heterocycles. The van der Waals surface area contributed by atoms with E-state index in [0.717, 1.165) is 0 Å². The molecule has 1 aromatic heterocycles. The fourth-order valence-electron chi connectivity index (χ4n) is 1.81. The Kier molecular flexibility index (Phi) is 2.60. The molecule has 1 N–H and O–H groups in total. The van der Waals surface area contributed by atoms with Gasteiger partial charge in [-0.1, -0.05) is 12.1 Å². The lowest BCUT2D eigenvalue weighted by Crippen LogP contribution is -2.39. The maximum absolute atomic E-state index is 12.0. The average Bonchev–Trinajstić information content (AvgIpc) is 2.91. The van der Waals surface area contributed by atoms with Crippen molar-refractivity contribution in [3.05, 3.63) is 36.5 Å². The minimum Gasteiger partial charge on any atom is -0.490 e.